The summed E-state index contributed by atoms with van der Waals surface area (Å²) >= 11 is 0. The lowest BCUT2D eigenvalue weighted by molar-refractivity contribution is -0.137. The second-order valence-corrected chi connectivity index (χ2v) is 10.1. The molecule has 0 spiro atoms. The molecule has 1 N–H and O–H groups in total. The maximum Gasteiger partial charge on any atom is 0.305 e. The number of rotatable bonds is 13. The highest BCUT2D eigenvalue weighted by molar-refractivity contribution is 6.06. The van der Waals surface area contributed by atoms with Gasteiger partial charge in [-0.25, -0.2) is 0 Å². The Hall–Kier alpha value is -5.11. The van der Waals surface area contributed by atoms with Crippen LogP contribution in [0.4, 0.5) is 0 Å². The van der Waals surface area contributed by atoms with Crippen LogP contribution in [0.25, 0.3) is 11.1 Å². The van der Waals surface area contributed by atoms with E-state index in [1.807, 2.05) is 66.7 Å². The van der Waals surface area contributed by atoms with E-state index in [1.165, 1.54) is 4.90 Å². The van der Waals surface area contributed by atoms with Crippen LogP contribution >= 0.6 is 0 Å². The van der Waals surface area contributed by atoms with Crippen molar-refractivity contribution in [1.29, 1.82) is 0 Å². The average molecular weight is 581 g/mol. The Bertz CT molecular complexity index is 1570. The molecule has 8 heteroatoms. The van der Waals surface area contributed by atoms with Gasteiger partial charge in [-0.15, -0.1) is 0 Å². The Morgan fingerprint density at radius 1 is 0.698 bits per heavy atom. The number of amides is 2. The largest absolute Gasteiger partial charge is 0.493 e. The number of hydrogen-bond donors (Lipinski definition) is 1. The number of carboxylic acid groups (broad SMARTS) is 1. The number of para-hydroxylation sites is 1. The zero-order chi connectivity index (χ0) is 30.8. The first-order valence-corrected chi connectivity index (χ1v) is 14.0. The van der Waals surface area contributed by atoms with Gasteiger partial charge in [0.1, 0.15) is 0 Å². The lowest BCUT2D eigenvalue weighted by Gasteiger charge is -2.25. The van der Waals surface area contributed by atoms with Gasteiger partial charge in [0.25, 0.3) is 11.8 Å². The Morgan fingerprint density at radius 2 is 1.30 bits per heavy atom. The number of carbonyl (C=O) groups excluding carboxylic acids is 2. The maximum absolute atomic E-state index is 14.1. The smallest absolute Gasteiger partial charge is 0.305 e. The summed E-state index contributed by atoms with van der Waals surface area (Å²) in [6.45, 7) is 0.713. The molecule has 222 valence electrons. The first-order chi connectivity index (χ1) is 20.8. The SMILES string of the molecule is COc1cccc(CCN(CCC(=O)O)C(=O)c2ccccc2-c2ccccc2C(=O)N(C)Cc2ccccc2)c1OC. The predicted octanol–water partition coefficient (Wildman–Crippen LogP) is 5.80. The Balaban J connectivity index is 1.65. The van der Waals surface area contributed by atoms with Crippen molar-refractivity contribution in [2.45, 2.75) is 19.4 Å². The van der Waals surface area contributed by atoms with E-state index in [0.717, 1.165) is 11.1 Å². The van der Waals surface area contributed by atoms with Crippen LogP contribution < -0.4 is 9.47 Å². The normalized spacial score (nSPS) is 10.6. The molecule has 0 aliphatic carbocycles. The molecule has 0 aliphatic rings. The Morgan fingerprint density at radius 3 is 1.91 bits per heavy atom. The zero-order valence-corrected chi connectivity index (χ0v) is 24.7. The molecule has 43 heavy (non-hydrogen) atoms. The summed E-state index contributed by atoms with van der Waals surface area (Å²) in [6.07, 6.45) is 0.218. The second kappa shape index (κ2) is 14.7. The summed E-state index contributed by atoms with van der Waals surface area (Å²) in [7, 11) is 4.87. The van der Waals surface area contributed by atoms with Gasteiger partial charge < -0.3 is 24.4 Å². The summed E-state index contributed by atoms with van der Waals surface area (Å²) in [5.74, 6) is -0.342. The second-order valence-electron chi connectivity index (χ2n) is 10.1. The van der Waals surface area contributed by atoms with Crippen molar-refractivity contribution in [2.24, 2.45) is 0 Å². The van der Waals surface area contributed by atoms with Gasteiger partial charge in [0, 0.05) is 37.8 Å². The van der Waals surface area contributed by atoms with Crippen molar-refractivity contribution in [3.05, 3.63) is 119 Å². The number of ether oxygens (including phenoxy) is 2. The number of nitrogens with zero attached hydrogens (tertiary/aromatic N) is 2. The fourth-order valence-corrected chi connectivity index (χ4v) is 5.07. The van der Waals surface area contributed by atoms with E-state index in [0.29, 0.717) is 46.7 Å². The van der Waals surface area contributed by atoms with E-state index in [1.54, 1.807) is 56.5 Å². The van der Waals surface area contributed by atoms with Crippen LogP contribution in [-0.2, 0) is 17.8 Å². The molecule has 4 rings (SSSR count). The molecule has 0 saturated heterocycles. The van der Waals surface area contributed by atoms with Crippen molar-refractivity contribution >= 4 is 17.8 Å². The van der Waals surface area contributed by atoms with E-state index in [9.17, 15) is 19.5 Å². The van der Waals surface area contributed by atoms with E-state index >= 15 is 0 Å². The van der Waals surface area contributed by atoms with Gasteiger partial charge >= 0.3 is 5.97 Å². The number of carboxylic acids is 1. The van der Waals surface area contributed by atoms with Crippen LogP contribution in [0, 0.1) is 0 Å². The summed E-state index contributed by atoms with van der Waals surface area (Å²) in [5, 5.41) is 9.42. The molecule has 0 saturated carbocycles. The van der Waals surface area contributed by atoms with Gasteiger partial charge in [-0.05, 0) is 46.9 Å². The molecule has 0 bridgehead atoms. The van der Waals surface area contributed by atoms with Crippen molar-refractivity contribution in [1.82, 2.24) is 9.80 Å². The molecule has 4 aromatic rings. The molecule has 0 aromatic heterocycles. The minimum Gasteiger partial charge on any atom is -0.493 e. The molecule has 0 radical (unpaired) electrons. The molecular formula is C35H36N2O6. The molecular weight excluding hydrogens is 544 g/mol. The summed E-state index contributed by atoms with van der Waals surface area (Å²) in [6, 6.07) is 29.6. The number of benzene rings is 4. The van der Waals surface area contributed by atoms with Crippen molar-refractivity contribution < 1.29 is 29.0 Å². The van der Waals surface area contributed by atoms with Crippen LogP contribution in [0.3, 0.4) is 0 Å². The van der Waals surface area contributed by atoms with E-state index in [4.69, 9.17) is 9.47 Å². The van der Waals surface area contributed by atoms with Gasteiger partial charge in [0.05, 0.1) is 20.6 Å². The lowest BCUT2D eigenvalue weighted by atomic mass is 9.94. The first-order valence-electron chi connectivity index (χ1n) is 14.0. The molecule has 0 heterocycles. The van der Waals surface area contributed by atoms with Gasteiger partial charge in [-0.3, -0.25) is 14.4 Å². The fraction of sp³-hybridized carbons (Fsp3) is 0.229. The average Bonchev–Trinajstić information content (AvgIpc) is 3.04. The van der Waals surface area contributed by atoms with Crippen molar-refractivity contribution in [3.63, 3.8) is 0 Å². The number of methoxy groups -OCH3 is 2. The lowest BCUT2D eigenvalue weighted by Crippen LogP contribution is -2.35. The first kappa shape index (κ1) is 30.8. The Kier molecular flexibility index (Phi) is 10.5. The highest BCUT2D eigenvalue weighted by atomic mass is 16.5. The van der Waals surface area contributed by atoms with Crippen LogP contribution in [0.15, 0.2) is 97.1 Å². The Labute approximate surface area is 252 Å². The number of hydrogen-bond acceptors (Lipinski definition) is 5. The highest BCUT2D eigenvalue weighted by Crippen LogP contribution is 2.32. The van der Waals surface area contributed by atoms with Crippen LogP contribution in [0.5, 0.6) is 11.5 Å². The van der Waals surface area contributed by atoms with Gasteiger partial charge in [-0.2, -0.15) is 0 Å². The van der Waals surface area contributed by atoms with Gasteiger partial charge in [0.15, 0.2) is 11.5 Å². The molecule has 2 amide bonds. The van der Waals surface area contributed by atoms with Crippen LogP contribution in [0.1, 0.15) is 38.3 Å². The van der Waals surface area contributed by atoms with E-state index in [-0.39, 0.29) is 31.3 Å². The quantitative estimate of drug-likeness (QED) is 0.215. The molecule has 0 atom stereocenters. The third-order valence-corrected chi connectivity index (χ3v) is 7.23. The maximum atomic E-state index is 14.1. The van der Waals surface area contributed by atoms with E-state index in [2.05, 4.69) is 0 Å². The monoisotopic (exact) mass is 580 g/mol. The summed E-state index contributed by atoms with van der Waals surface area (Å²) in [5.41, 5.74) is 3.93. The van der Waals surface area contributed by atoms with Gasteiger partial charge in [0.2, 0.25) is 0 Å². The summed E-state index contributed by atoms with van der Waals surface area (Å²) < 4.78 is 11.0. The molecule has 4 aromatic carbocycles. The van der Waals surface area contributed by atoms with Crippen LogP contribution in [-0.4, -0.2) is 67.0 Å². The number of carbonyl (C=O) groups is 3. The zero-order valence-electron chi connectivity index (χ0n) is 24.7. The minimum atomic E-state index is -0.998. The summed E-state index contributed by atoms with van der Waals surface area (Å²) in [4.78, 5) is 42.4. The van der Waals surface area contributed by atoms with Crippen LogP contribution in [0.2, 0.25) is 0 Å². The standard InChI is InChI=1S/C35H36N2O6/c1-36(24-25-12-5-4-6-13-25)34(40)29-17-9-7-15-27(29)28-16-8-10-18-30(28)35(41)37(23-21-32(38)39)22-20-26-14-11-19-31(42-2)33(26)43-3/h4-19H,20-24H2,1-3H3,(H,38,39). The predicted molar refractivity (Wildman–Crippen MR) is 166 cm³/mol. The fourth-order valence-electron chi connectivity index (χ4n) is 5.07. The van der Waals surface area contributed by atoms with Gasteiger partial charge in [-0.1, -0.05) is 78.9 Å². The van der Waals surface area contributed by atoms with Crippen molar-refractivity contribution in [3.8, 4) is 22.6 Å². The topological polar surface area (TPSA) is 96.4 Å². The minimum absolute atomic E-state index is 0.0230. The third kappa shape index (κ3) is 7.60. The molecule has 0 fully saturated rings. The molecule has 0 unspecified atom stereocenters. The highest BCUT2D eigenvalue weighted by Gasteiger charge is 2.24. The molecule has 8 nitrogen and oxygen atoms in total. The van der Waals surface area contributed by atoms with Crippen molar-refractivity contribution in [2.75, 3.05) is 34.4 Å². The molecule has 0 aliphatic heterocycles. The van der Waals surface area contributed by atoms with E-state index < -0.39 is 5.97 Å². The third-order valence-electron chi connectivity index (χ3n) is 7.23. The number of aliphatic carboxylic acids is 1.